The van der Waals surface area contributed by atoms with Gasteiger partial charge in [-0.25, -0.2) is 8.42 Å². The lowest BCUT2D eigenvalue weighted by molar-refractivity contribution is 0.602. The molecule has 0 spiro atoms. The van der Waals surface area contributed by atoms with Gasteiger partial charge in [0, 0.05) is 18.6 Å². The quantitative estimate of drug-likeness (QED) is 0.897. The van der Waals surface area contributed by atoms with E-state index in [4.69, 9.17) is 0 Å². The Morgan fingerprint density at radius 3 is 2.24 bits per heavy atom. The average Bonchev–Trinajstić information content (AvgIpc) is 2.78. The molecule has 0 aliphatic rings. The van der Waals surface area contributed by atoms with Crippen molar-refractivity contribution in [2.24, 2.45) is 0 Å². The second-order valence-corrected chi connectivity index (χ2v) is 5.86. The highest BCUT2D eigenvalue weighted by atomic mass is 32.2. The zero-order chi connectivity index (χ0) is 12.3. The fourth-order valence-electron chi connectivity index (χ4n) is 1.48. The van der Waals surface area contributed by atoms with Crippen LogP contribution in [0.15, 0.2) is 53.7 Å². The molecule has 0 aliphatic heterocycles. The summed E-state index contributed by atoms with van der Waals surface area (Å²) in [7, 11) is -3.10. The molecule has 0 saturated heterocycles. The molecular weight excluding hydrogens is 236 g/mol. The van der Waals surface area contributed by atoms with E-state index >= 15 is 0 Å². The van der Waals surface area contributed by atoms with E-state index in [0.29, 0.717) is 11.4 Å². The highest BCUT2D eigenvalue weighted by Gasteiger charge is 2.05. The van der Waals surface area contributed by atoms with E-state index in [1.165, 1.54) is 6.26 Å². The molecular formula is C12H14N2O2S. The Balaban J connectivity index is 2.04. The molecule has 0 atom stereocenters. The van der Waals surface area contributed by atoms with E-state index in [1.807, 2.05) is 41.3 Å². The van der Waals surface area contributed by atoms with Gasteiger partial charge in [-0.15, -0.1) is 0 Å². The zero-order valence-corrected chi connectivity index (χ0v) is 10.3. The van der Waals surface area contributed by atoms with Crippen LogP contribution in [0.2, 0.25) is 0 Å². The van der Waals surface area contributed by atoms with Gasteiger partial charge in [0.25, 0.3) is 0 Å². The number of nitrogens with one attached hydrogen (secondary N) is 1. The monoisotopic (exact) mass is 250 g/mol. The lowest BCUT2D eigenvalue weighted by Gasteiger charge is -2.07. The first kappa shape index (κ1) is 11.7. The Labute approximate surface area is 101 Å². The highest BCUT2D eigenvalue weighted by molar-refractivity contribution is 7.90. The lowest BCUT2D eigenvalue weighted by atomic mass is 10.2. The fraction of sp³-hybridized carbons (Fsp3) is 0.167. The molecule has 1 aromatic heterocycles. The average molecular weight is 250 g/mol. The van der Waals surface area contributed by atoms with Gasteiger partial charge in [-0.1, -0.05) is 12.1 Å². The number of sulfone groups is 1. The Kier molecular flexibility index (Phi) is 3.19. The van der Waals surface area contributed by atoms with Crippen LogP contribution in [-0.2, 0) is 16.4 Å². The minimum atomic E-state index is -3.10. The van der Waals surface area contributed by atoms with Crippen molar-refractivity contribution in [3.05, 3.63) is 54.4 Å². The van der Waals surface area contributed by atoms with Crippen LogP contribution < -0.4 is 5.43 Å². The molecule has 0 saturated carbocycles. The topological polar surface area (TPSA) is 51.1 Å². The molecule has 17 heavy (non-hydrogen) atoms. The summed E-state index contributed by atoms with van der Waals surface area (Å²) in [6.45, 7) is 0.652. The van der Waals surface area contributed by atoms with Crippen molar-refractivity contribution in [2.45, 2.75) is 11.4 Å². The summed E-state index contributed by atoms with van der Waals surface area (Å²) in [5.74, 6) is 0. The molecule has 0 amide bonds. The Hall–Kier alpha value is -1.75. The van der Waals surface area contributed by atoms with Crippen LogP contribution >= 0.6 is 0 Å². The van der Waals surface area contributed by atoms with Crippen LogP contribution in [0, 0.1) is 0 Å². The number of nitrogens with zero attached hydrogens (tertiary/aromatic N) is 1. The summed E-state index contributed by atoms with van der Waals surface area (Å²) < 4.78 is 24.4. The highest BCUT2D eigenvalue weighted by Crippen LogP contribution is 2.10. The number of benzene rings is 1. The predicted molar refractivity (Wildman–Crippen MR) is 67.0 cm³/mol. The lowest BCUT2D eigenvalue weighted by Crippen LogP contribution is -2.11. The van der Waals surface area contributed by atoms with Crippen molar-refractivity contribution >= 4 is 9.84 Å². The number of rotatable bonds is 4. The minimum absolute atomic E-state index is 0.349. The first-order valence-electron chi connectivity index (χ1n) is 5.21. The largest absolute Gasteiger partial charge is 0.322 e. The van der Waals surface area contributed by atoms with Gasteiger partial charge in [-0.3, -0.25) is 4.68 Å². The summed E-state index contributed by atoms with van der Waals surface area (Å²) in [4.78, 5) is 0.349. The standard InChI is InChI=1S/C12H14N2O2S/c1-17(15,16)12-6-4-11(5-7-12)10-13-14-8-2-3-9-14/h2-9,13H,10H2,1H3. The van der Waals surface area contributed by atoms with Crippen LogP contribution in [0.5, 0.6) is 0 Å². The molecule has 2 rings (SSSR count). The van der Waals surface area contributed by atoms with Crippen LogP contribution in [0.3, 0.4) is 0 Å². The van der Waals surface area contributed by atoms with Crippen molar-refractivity contribution in [1.82, 2.24) is 4.68 Å². The number of hydrogen-bond acceptors (Lipinski definition) is 3. The second-order valence-electron chi connectivity index (χ2n) is 3.84. The third-order valence-electron chi connectivity index (χ3n) is 2.42. The van der Waals surface area contributed by atoms with Gasteiger partial charge in [0.1, 0.15) is 0 Å². The minimum Gasteiger partial charge on any atom is -0.322 e. The van der Waals surface area contributed by atoms with E-state index in [-0.39, 0.29) is 0 Å². The maximum absolute atomic E-state index is 11.3. The molecule has 2 aromatic rings. The molecule has 5 heteroatoms. The molecule has 0 bridgehead atoms. The fourth-order valence-corrected chi connectivity index (χ4v) is 2.11. The van der Waals surface area contributed by atoms with Gasteiger partial charge in [0.15, 0.2) is 9.84 Å². The third kappa shape index (κ3) is 3.10. The Morgan fingerprint density at radius 1 is 1.12 bits per heavy atom. The van der Waals surface area contributed by atoms with Crippen molar-refractivity contribution in [3.8, 4) is 0 Å². The summed E-state index contributed by atoms with van der Waals surface area (Å²) in [6, 6.07) is 10.7. The molecule has 1 aromatic carbocycles. The van der Waals surface area contributed by atoms with Crippen LogP contribution in [0.1, 0.15) is 5.56 Å². The molecule has 0 radical (unpaired) electrons. The molecule has 4 nitrogen and oxygen atoms in total. The van der Waals surface area contributed by atoms with Gasteiger partial charge in [0.05, 0.1) is 11.4 Å². The Morgan fingerprint density at radius 2 is 1.71 bits per heavy atom. The van der Waals surface area contributed by atoms with E-state index in [9.17, 15) is 8.42 Å². The van der Waals surface area contributed by atoms with Crippen LogP contribution in [0.4, 0.5) is 0 Å². The molecule has 0 unspecified atom stereocenters. The van der Waals surface area contributed by atoms with Gasteiger partial charge >= 0.3 is 0 Å². The van der Waals surface area contributed by atoms with Gasteiger partial charge < -0.3 is 5.43 Å². The molecule has 1 N–H and O–H groups in total. The summed E-state index contributed by atoms with van der Waals surface area (Å²) in [5, 5.41) is 0. The normalized spacial score (nSPS) is 11.4. The van der Waals surface area contributed by atoms with Crippen LogP contribution in [-0.4, -0.2) is 19.3 Å². The molecule has 1 heterocycles. The second kappa shape index (κ2) is 4.63. The first-order chi connectivity index (χ1) is 8.05. The maximum Gasteiger partial charge on any atom is 0.175 e. The molecule has 0 aliphatic carbocycles. The molecule has 90 valence electrons. The van der Waals surface area contributed by atoms with Crippen molar-refractivity contribution < 1.29 is 8.42 Å². The number of aromatic nitrogens is 1. The summed E-state index contributed by atoms with van der Waals surface area (Å²) in [6.07, 6.45) is 5.02. The maximum atomic E-state index is 11.3. The van der Waals surface area contributed by atoms with E-state index in [2.05, 4.69) is 5.43 Å². The van der Waals surface area contributed by atoms with E-state index in [1.54, 1.807) is 12.1 Å². The molecule has 0 fully saturated rings. The van der Waals surface area contributed by atoms with Gasteiger partial charge in [0.2, 0.25) is 0 Å². The summed E-state index contributed by atoms with van der Waals surface area (Å²) >= 11 is 0. The van der Waals surface area contributed by atoms with Gasteiger partial charge in [-0.05, 0) is 29.8 Å². The predicted octanol–water partition coefficient (Wildman–Crippen LogP) is 1.64. The smallest absolute Gasteiger partial charge is 0.175 e. The SMILES string of the molecule is CS(=O)(=O)c1ccc(CNn2cccc2)cc1. The van der Waals surface area contributed by atoms with Crippen molar-refractivity contribution in [3.63, 3.8) is 0 Å². The first-order valence-corrected chi connectivity index (χ1v) is 7.11. The van der Waals surface area contributed by atoms with E-state index < -0.39 is 9.84 Å². The van der Waals surface area contributed by atoms with Crippen molar-refractivity contribution in [2.75, 3.05) is 11.7 Å². The van der Waals surface area contributed by atoms with Crippen LogP contribution in [0.25, 0.3) is 0 Å². The van der Waals surface area contributed by atoms with Crippen molar-refractivity contribution in [1.29, 1.82) is 0 Å². The Bertz CT molecular complexity index is 571. The number of hydrogen-bond donors (Lipinski definition) is 1. The van der Waals surface area contributed by atoms with E-state index in [0.717, 1.165) is 5.56 Å². The summed E-state index contributed by atoms with van der Waals surface area (Å²) in [5.41, 5.74) is 4.20. The zero-order valence-electron chi connectivity index (χ0n) is 9.50. The third-order valence-corrected chi connectivity index (χ3v) is 3.55. The van der Waals surface area contributed by atoms with Gasteiger partial charge in [-0.2, -0.15) is 0 Å².